The van der Waals surface area contributed by atoms with Gasteiger partial charge in [0.05, 0.1) is 17.8 Å². The lowest BCUT2D eigenvalue weighted by atomic mass is 9.83. The summed E-state index contributed by atoms with van der Waals surface area (Å²) in [6.45, 7) is 3.49. The molecule has 2 aliphatic heterocycles. The third-order valence-corrected chi connectivity index (χ3v) is 6.55. The van der Waals surface area contributed by atoms with E-state index in [9.17, 15) is 27.3 Å². The number of allylic oxidation sites excluding steroid dienone is 1. The molecule has 3 heterocycles. The number of alkyl halides is 3. The summed E-state index contributed by atoms with van der Waals surface area (Å²) in [7, 11) is -4.84. The maximum atomic E-state index is 13.5. The van der Waals surface area contributed by atoms with Crippen LogP contribution in [0.25, 0.3) is 5.69 Å². The van der Waals surface area contributed by atoms with E-state index in [1.54, 1.807) is 19.9 Å². The zero-order valence-electron chi connectivity index (χ0n) is 18.8. The van der Waals surface area contributed by atoms with Gasteiger partial charge < -0.3 is 9.26 Å². The summed E-state index contributed by atoms with van der Waals surface area (Å²) in [6.07, 6.45) is -2.83. The van der Waals surface area contributed by atoms with Crippen molar-refractivity contribution in [2.75, 3.05) is 0 Å². The summed E-state index contributed by atoms with van der Waals surface area (Å²) in [5.74, 6) is 0.0244. The lowest BCUT2D eigenvalue weighted by Gasteiger charge is -2.42. The Morgan fingerprint density at radius 2 is 1.75 bits per heavy atom. The molecule has 2 aromatic carbocycles. The molecule has 1 aromatic heterocycles. The first kappa shape index (κ1) is 24.2. The lowest BCUT2D eigenvalue weighted by Crippen LogP contribution is -2.46. The average Bonchev–Trinajstić information content (AvgIpc) is 3.01. The molecule has 14 heteroatoms. The van der Waals surface area contributed by atoms with Crippen LogP contribution in [0.4, 0.5) is 13.2 Å². The summed E-state index contributed by atoms with van der Waals surface area (Å²) in [4.78, 5) is 45.0. The predicted octanol–water partition coefficient (Wildman–Crippen LogP) is 2.99. The number of nitrogens with zero attached hydrogens (tertiary/aromatic N) is 3. The van der Waals surface area contributed by atoms with Crippen LogP contribution in [0, 0.1) is 0 Å². The van der Waals surface area contributed by atoms with Gasteiger partial charge in [0.25, 0.3) is 0 Å². The molecule has 1 atom stereocenters. The number of hydrogen-bond acceptors (Lipinski definition) is 5. The van der Waals surface area contributed by atoms with Crippen LogP contribution in [0.1, 0.15) is 31.0 Å². The van der Waals surface area contributed by atoms with Crippen LogP contribution in [0.15, 0.2) is 63.7 Å². The highest BCUT2D eigenvalue weighted by molar-refractivity contribution is 7.46. The molecule has 0 radical (unpaired) electrons. The fraction of sp³-hybridized carbons (Fsp3) is 0.273. The first-order chi connectivity index (χ1) is 16.7. The van der Waals surface area contributed by atoms with Gasteiger partial charge in [-0.3, -0.25) is 9.79 Å². The maximum absolute atomic E-state index is 13.5. The summed E-state index contributed by atoms with van der Waals surface area (Å²) in [6, 6.07) is 6.92. The van der Waals surface area contributed by atoms with E-state index in [4.69, 9.17) is 14.5 Å². The minimum atomic E-state index is -4.84. The first-order valence-electron chi connectivity index (χ1n) is 10.6. The van der Waals surface area contributed by atoms with E-state index in [0.29, 0.717) is 11.1 Å². The van der Waals surface area contributed by atoms with Gasteiger partial charge in [-0.1, -0.05) is 6.08 Å². The summed E-state index contributed by atoms with van der Waals surface area (Å²) < 4.78 is 64.1. The maximum Gasteiger partial charge on any atom is 0.524 e. The second-order valence-corrected chi connectivity index (χ2v) is 9.99. The SMILES string of the molecule is CC1(C)Oc2cc(OP(=O)(O)O)ccc2C2C1=CCn1c(=O)n(-c3ccc(C(F)(F)F)cc3)c(=O)n12. The van der Waals surface area contributed by atoms with Crippen molar-refractivity contribution >= 4 is 7.82 Å². The van der Waals surface area contributed by atoms with Gasteiger partial charge >= 0.3 is 25.4 Å². The van der Waals surface area contributed by atoms with Gasteiger partial charge in [0.1, 0.15) is 23.1 Å². The van der Waals surface area contributed by atoms with Gasteiger partial charge in [-0.2, -0.15) is 13.2 Å². The number of ether oxygens (including phenoxy) is 1. The molecule has 0 saturated carbocycles. The van der Waals surface area contributed by atoms with E-state index in [2.05, 4.69) is 4.52 Å². The van der Waals surface area contributed by atoms with Crippen LogP contribution in [0.3, 0.4) is 0 Å². The molecule has 0 bridgehead atoms. The highest BCUT2D eigenvalue weighted by Crippen LogP contribution is 2.48. The highest BCUT2D eigenvalue weighted by Gasteiger charge is 2.44. The van der Waals surface area contributed by atoms with E-state index in [1.807, 2.05) is 0 Å². The summed E-state index contributed by atoms with van der Waals surface area (Å²) in [5, 5.41) is 0. The number of halogens is 3. The molecule has 2 aliphatic rings. The largest absolute Gasteiger partial charge is 0.524 e. The molecule has 2 N–H and O–H groups in total. The molecule has 190 valence electrons. The second kappa shape index (κ2) is 7.73. The third-order valence-electron chi connectivity index (χ3n) is 6.10. The molecule has 0 aliphatic carbocycles. The Bertz CT molecular complexity index is 1580. The number of rotatable bonds is 3. The fourth-order valence-corrected chi connectivity index (χ4v) is 4.98. The van der Waals surface area contributed by atoms with Crippen molar-refractivity contribution in [2.24, 2.45) is 0 Å². The van der Waals surface area contributed by atoms with Gasteiger partial charge in [-0.15, -0.1) is 0 Å². The Labute approximate surface area is 200 Å². The molecule has 36 heavy (non-hydrogen) atoms. The normalized spacial score (nSPS) is 18.4. The molecule has 1 unspecified atom stereocenters. The molecule has 5 rings (SSSR count). The number of phosphoric acid groups is 1. The standard InChI is InChI=1S/C22H19F3N3O7P/c1-21(2)16-9-10-26-19(29)27(13-5-3-12(4-6-13)22(23,24)25)20(30)28(26)18(16)15-8-7-14(11-17(15)34-21)35-36(31,32)33/h3-9,11,18H,10H2,1-2H3,(H2,31,32,33). The van der Waals surface area contributed by atoms with Gasteiger partial charge in [-0.25, -0.2) is 28.1 Å². The van der Waals surface area contributed by atoms with E-state index in [1.165, 1.54) is 27.6 Å². The lowest BCUT2D eigenvalue weighted by molar-refractivity contribution is -0.137. The van der Waals surface area contributed by atoms with Crippen molar-refractivity contribution in [2.45, 2.75) is 38.2 Å². The topological polar surface area (TPSA) is 125 Å². The number of benzene rings is 2. The third kappa shape index (κ3) is 3.89. The Morgan fingerprint density at radius 3 is 2.36 bits per heavy atom. The van der Waals surface area contributed by atoms with Crippen LogP contribution in [-0.2, 0) is 17.3 Å². The Balaban J connectivity index is 1.67. The van der Waals surface area contributed by atoms with Crippen molar-refractivity contribution < 1.29 is 36.8 Å². The molecule has 0 amide bonds. The Kier molecular flexibility index (Phi) is 5.19. The van der Waals surface area contributed by atoms with Gasteiger partial charge in [-0.05, 0) is 55.8 Å². The minimum Gasteiger partial charge on any atom is -0.483 e. The minimum absolute atomic E-state index is 0.0223. The number of phosphoric ester groups is 1. The van der Waals surface area contributed by atoms with Gasteiger partial charge in [0, 0.05) is 11.6 Å². The molecule has 0 saturated heterocycles. The average molecular weight is 525 g/mol. The quantitative estimate of drug-likeness (QED) is 0.398. The number of fused-ring (bicyclic) bond motifs is 5. The van der Waals surface area contributed by atoms with E-state index >= 15 is 0 Å². The van der Waals surface area contributed by atoms with Gasteiger partial charge in [0.2, 0.25) is 0 Å². The van der Waals surface area contributed by atoms with Crippen LogP contribution in [0.5, 0.6) is 11.5 Å². The smallest absolute Gasteiger partial charge is 0.483 e. The fourth-order valence-electron chi connectivity index (χ4n) is 4.59. The second-order valence-electron chi connectivity index (χ2n) is 8.83. The Hall–Kier alpha value is -3.54. The zero-order chi connectivity index (χ0) is 26.2. The monoisotopic (exact) mass is 525 g/mol. The summed E-state index contributed by atoms with van der Waals surface area (Å²) in [5.41, 5.74) is -2.33. The Morgan fingerprint density at radius 1 is 1.08 bits per heavy atom. The molecule has 0 spiro atoms. The van der Waals surface area contributed by atoms with Crippen molar-refractivity contribution in [1.82, 2.24) is 13.9 Å². The summed E-state index contributed by atoms with van der Waals surface area (Å²) >= 11 is 0. The van der Waals surface area contributed by atoms with Crippen molar-refractivity contribution in [3.05, 3.63) is 86.2 Å². The van der Waals surface area contributed by atoms with Crippen LogP contribution >= 0.6 is 7.82 Å². The van der Waals surface area contributed by atoms with E-state index < -0.39 is 42.6 Å². The van der Waals surface area contributed by atoms with Crippen LogP contribution in [-0.4, -0.2) is 29.3 Å². The van der Waals surface area contributed by atoms with Crippen LogP contribution < -0.4 is 20.6 Å². The predicted molar refractivity (Wildman–Crippen MR) is 119 cm³/mol. The van der Waals surface area contributed by atoms with E-state index in [0.717, 1.165) is 28.8 Å². The highest BCUT2D eigenvalue weighted by atomic mass is 31.2. The molecule has 10 nitrogen and oxygen atoms in total. The van der Waals surface area contributed by atoms with Crippen molar-refractivity contribution in [3.63, 3.8) is 0 Å². The molecule has 3 aromatic rings. The van der Waals surface area contributed by atoms with Crippen molar-refractivity contribution in [3.8, 4) is 17.2 Å². The number of hydrogen-bond donors (Lipinski definition) is 2. The van der Waals surface area contributed by atoms with Crippen molar-refractivity contribution in [1.29, 1.82) is 0 Å². The molecular formula is C22H19F3N3O7P. The zero-order valence-corrected chi connectivity index (χ0v) is 19.7. The number of aromatic nitrogens is 3. The molecular weight excluding hydrogens is 506 g/mol. The van der Waals surface area contributed by atoms with E-state index in [-0.39, 0.29) is 23.7 Å². The van der Waals surface area contributed by atoms with Gasteiger partial charge in [0.15, 0.2) is 0 Å². The van der Waals surface area contributed by atoms with Crippen LogP contribution in [0.2, 0.25) is 0 Å². The molecule has 0 fully saturated rings. The first-order valence-corrected chi connectivity index (χ1v) is 12.1.